The van der Waals surface area contributed by atoms with E-state index in [1.807, 2.05) is 12.1 Å². The number of aromatic nitrogens is 1. The number of rotatable bonds is 6. The Hall–Kier alpha value is -1.67. The van der Waals surface area contributed by atoms with Gasteiger partial charge in [-0.3, -0.25) is 0 Å². The summed E-state index contributed by atoms with van der Waals surface area (Å²) in [6, 6.07) is 3.66. The lowest BCUT2D eigenvalue weighted by Gasteiger charge is -2.50. The second-order valence-electron chi connectivity index (χ2n) is 5.25. The molecule has 2 rings (SSSR count). The summed E-state index contributed by atoms with van der Waals surface area (Å²) in [4.78, 5) is 12.6. The van der Waals surface area contributed by atoms with Crippen LogP contribution >= 0.6 is 0 Å². The van der Waals surface area contributed by atoms with Crippen LogP contribution in [0.25, 0.3) is 0 Å². The van der Waals surface area contributed by atoms with Crippen molar-refractivity contribution in [3.05, 3.63) is 36.7 Å². The number of esters is 1. The standard InChI is InChI=1S/C16H23NO6/c1-19-13(18)14(17-10-6-7-11-17)8-9-15(20-2,21-3)16(12-14,22-4)23-5/h6-11H,12H2,1-5H3. The van der Waals surface area contributed by atoms with Gasteiger partial charge in [0.15, 0.2) is 5.54 Å². The Balaban J connectivity index is 2.67. The quantitative estimate of drug-likeness (QED) is 0.446. The average Bonchev–Trinajstić information content (AvgIpc) is 3.15. The van der Waals surface area contributed by atoms with Gasteiger partial charge < -0.3 is 28.3 Å². The lowest BCUT2D eigenvalue weighted by atomic mass is 9.79. The molecule has 1 unspecified atom stereocenters. The highest BCUT2D eigenvalue weighted by Crippen LogP contribution is 2.46. The third kappa shape index (κ3) is 2.40. The molecule has 7 nitrogen and oxygen atoms in total. The maximum Gasteiger partial charge on any atom is 0.336 e. The summed E-state index contributed by atoms with van der Waals surface area (Å²) in [5.41, 5.74) is -1.13. The van der Waals surface area contributed by atoms with Crippen LogP contribution in [0.3, 0.4) is 0 Å². The minimum absolute atomic E-state index is 0.104. The van der Waals surface area contributed by atoms with Crippen molar-refractivity contribution >= 4 is 5.97 Å². The molecular formula is C16H23NO6. The van der Waals surface area contributed by atoms with Crippen molar-refractivity contribution in [2.45, 2.75) is 23.5 Å². The molecule has 1 heterocycles. The fourth-order valence-corrected chi connectivity index (χ4v) is 3.15. The third-order valence-electron chi connectivity index (χ3n) is 4.48. The van der Waals surface area contributed by atoms with Gasteiger partial charge in [-0.15, -0.1) is 0 Å². The lowest BCUT2D eigenvalue weighted by molar-refractivity contribution is -0.376. The molecule has 0 fully saturated rings. The Kier molecular flexibility index (Phi) is 4.95. The number of ether oxygens (including phenoxy) is 5. The second-order valence-corrected chi connectivity index (χ2v) is 5.25. The van der Waals surface area contributed by atoms with Crippen LogP contribution in [-0.2, 0) is 34.0 Å². The van der Waals surface area contributed by atoms with E-state index in [1.165, 1.54) is 35.5 Å². The molecular weight excluding hydrogens is 302 g/mol. The Morgan fingerprint density at radius 3 is 1.91 bits per heavy atom. The van der Waals surface area contributed by atoms with Gasteiger partial charge >= 0.3 is 5.97 Å². The van der Waals surface area contributed by atoms with Crippen LogP contribution in [-0.4, -0.2) is 57.7 Å². The number of hydrogen-bond donors (Lipinski definition) is 0. The first-order chi connectivity index (χ1) is 11.0. The first-order valence-corrected chi connectivity index (χ1v) is 7.12. The zero-order valence-electron chi connectivity index (χ0n) is 14.1. The molecule has 1 aromatic rings. The van der Waals surface area contributed by atoms with Gasteiger partial charge in [0, 0.05) is 47.3 Å². The van der Waals surface area contributed by atoms with Crippen molar-refractivity contribution < 1.29 is 28.5 Å². The molecule has 0 N–H and O–H groups in total. The molecule has 0 bridgehead atoms. The molecule has 0 saturated heterocycles. The molecule has 0 saturated carbocycles. The predicted octanol–water partition coefficient (Wildman–Crippen LogP) is 1.29. The maximum atomic E-state index is 12.6. The third-order valence-corrected chi connectivity index (χ3v) is 4.48. The van der Waals surface area contributed by atoms with E-state index in [2.05, 4.69) is 0 Å². The van der Waals surface area contributed by atoms with E-state index in [9.17, 15) is 4.79 Å². The highest BCUT2D eigenvalue weighted by molar-refractivity contribution is 5.82. The number of hydrogen-bond acceptors (Lipinski definition) is 6. The molecule has 0 spiro atoms. The van der Waals surface area contributed by atoms with E-state index in [0.29, 0.717) is 0 Å². The molecule has 1 aliphatic carbocycles. The summed E-state index contributed by atoms with van der Waals surface area (Å²) in [5.74, 6) is -3.07. The SMILES string of the molecule is COC(=O)C1(n2cccc2)C=CC(OC)(OC)C(OC)(OC)C1. The van der Waals surface area contributed by atoms with Gasteiger partial charge in [0.05, 0.1) is 7.11 Å². The van der Waals surface area contributed by atoms with Crippen molar-refractivity contribution in [2.75, 3.05) is 35.5 Å². The Labute approximate surface area is 135 Å². The normalized spacial score (nSPS) is 25.3. The van der Waals surface area contributed by atoms with Gasteiger partial charge in [-0.2, -0.15) is 0 Å². The number of carbonyl (C=O) groups excluding carboxylic acids is 1. The summed E-state index contributed by atoms with van der Waals surface area (Å²) in [6.07, 6.45) is 6.99. The summed E-state index contributed by atoms with van der Waals surface area (Å²) in [7, 11) is 7.28. The van der Waals surface area contributed by atoms with Crippen molar-refractivity contribution in [1.82, 2.24) is 4.57 Å². The minimum atomic E-state index is -1.34. The van der Waals surface area contributed by atoms with E-state index < -0.39 is 23.1 Å². The molecule has 0 radical (unpaired) electrons. The van der Waals surface area contributed by atoms with Crippen LogP contribution in [0.2, 0.25) is 0 Å². The molecule has 1 aliphatic rings. The molecule has 1 atom stereocenters. The predicted molar refractivity (Wildman–Crippen MR) is 81.7 cm³/mol. The molecule has 0 aliphatic heterocycles. The Morgan fingerprint density at radius 2 is 1.48 bits per heavy atom. The Morgan fingerprint density at radius 1 is 0.913 bits per heavy atom. The summed E-state index contributed by atoms with van der Waals surface area (Å²) < 4.78 is 29.1. The number of methoxy groups -OCH3 is 5. The van der Waals surface area contributed by atoms with Gasteiger partial charge in [-0.05, 0) is 24.3 Å². The summed E-state index contributed by atoms with van der Waals surface area (Å²) in [6.45, 7) is 0. The van der Waals surface area contributed by atoms with E-state index >= 15 is 0 Å². The molecule has 0 aromatic carbocycles. The second kappa shape index (κ2) is 6.45. The van der Waals surface area contributed by atoms with Crippen molar-refractivity contribution in [1.29, 1.82) is 0 Å². The van der Waals surface area contributed by atoms with Crippen LogP contribution in [0.4, 0.5) is 0 Å². The van der Waals surface area contributed by atoms with E-state index in [4.69, 9.17) is 23.7 Å². The van der Waals surface area contributed by atoms with Crippen molar-refractivity contribution in [2.24, 2.45) is 0 Å². The molecule has 23 heavy (non-hydrogen) atoms. The van der Waals surface area contributed by atoms with Crippen LogP contribution in [0, 0.1) is 0 Å². The first-order valence-electron chi connectivity index (χ1n) is 7.12. The zero-order valence-corrected chi connectivity index (χ0v) is 14.1. The van der Waals surface area contributed by atoms with E-state index in [-0.39, 0.29) is 6.42 Å². The smallest absolute Gasteiger partial charge is 0.336 e. The fraction of sp³-hybridized carbons (Fsp3) is 0.562. The van der Waals surface area contributed by atoms with Crippen LogP contribution < -0.4 is 0 Å². The maximum absolute atomic E-state index is 12.6. The molecule has 0 amide bonds. The largest absolute Gasteiger partial charge is 0.467 e. The van der Waals surface area contributed by atoms with Crippen LogP contribution in [0.1, 0.15) is 6.42 Å². The molecule has 7 heteroatoms. The summed E-state index contributed by atoms with van der Waals surface area (Å²) >= 11 is 0. The lowest BCUT2D eigenvalue weighted by Crippen LogP contribution is -2.65. The van der Waals surface area contributed by atoms with Crippen LogP contribution in [0.15, 0.2) is 36.7 Å². The highest BCUT2D eigenvalue weighted by Gasteiger charge is 2.62. The van der Waals surface area contributed by atoms with Crippen molar-refractivity contribution in [3.63, 3.8) is 0 Å². The van der Waals surface area contributed by atoms with Gasteiger partial charge in [0.1, 0.15) is 0 Å². The van der Waals surface area contributed by atoms with Gasteiger partial charge in [0.25, 0.3) is 0 Å². The number of carbonyl (C=O) groups is 1. The molecule has 1 aromatic heterocycles. The zero-order chi connectivity index (χ0) is 17.1. The van der Waals surface area contributed by atoms with Crippen molar-refractivity contribution in [3.8, 4) is 0 Å². The van der Waals surface area contributed by atoms with E-state index in [1.54, 1.807) is 29.1 Å². The highest BCUT2D eigenvalue weighted by atomic mass is 16.8. The van der Waals surface area contributed by atoms with Gasteiger partial charge in [-0.25, -0.2) is 4.79 Å². The minimum Gasteiger partial charge on any atom is -0.467 e. The monoisotopic (exact) mass is 325 g/mol. The van der Waals surface area contributed by atoms with Crippen LogP contribution in [0.5, 0.6) is 0 Å². The summed E-state index contributed by atoms with van der Waals surface area (Å²) in [5, 5.41) is 0. The average molecular weight is 325 g/mol. The fourth-order valence-electron chi connectivity index (χ4n) is 3.15. The Bertz CT molecular complexity index is 559. The van der Waals surface area contributed by atoms with E-state index in [0.717, 1.165) is 0 Å². The topological polar surface area (TPSA) is 68.2 Å². The van der Waals surface area contributed by atoms with Gasteiger partial charge in [-0.1, -0.05) is 0 Å². The number of nitrogens with zero attached hydrogens (tertiary/aromatic N) is 1. The molecule has 128 valence electrons. The first kappa shape index (κ1) is 17.7. The van der Waals surface area contributed by atoms with Gasteiger partial charge in [0.2, 0.25) is 11.6 Å².